The predicted molar refractivity (Wildman–Crippen MR) is 87.4 cm³/mol. The number of fused-ring (bicyclic) bond motifs is 1. The Hall–Kier alpha value is -1.52. The number of nitrogens with zero attached hydrogens (tertiary/aromatic N) is 1. The van der Waals surface area contributed by atoms with Crippen LogP contribution in [0.5, 0.6) is 0 Å². The molecular weight excluding hydrogens is 304 g/mol. The maximum absolute atomic E-state index is 5.99. The van der Waals surface area contributed by atoms with Gasteiger partial charge >= 0.3 is 0 Å². The minimum atomic E-state index is 0.217. The molecule has 0 aliphatic heterocycles. The van der Waals surface area contributed by atoms with Crippen molar-refractivity contribution in [3.63, 3.8) is 0 Å². The molecule has 0 bridgehead atoms. The first kappa shape index (κ1) is 13.2. The molecule has 1 unspecified atom stereocenters. The second-order valence-corrected chi connectivity index (χ2v) is 7.26. The van der Waals surface area contributed by atoms with E-state index in [9.17, 15) is 0 Å². The number of aromatic nitrogens is 1. The van der Waals surface area contributed by atoms with Crippen molar-refractivity contribution < 1.29 is 4.42 Å². The van der Waals surface area contributed by atoms with Gasteiger partial charge in [0.2, 0.25) is 0 Å². The number of nitrogens with one attached hydrogen (secondary N) is 1. The van der Waals surface area contributed by atoms with Crippen LogP contribution in [0, 0.1) is 0 Å². The number of hydrogen-bond donors (Lipinski definition) is 1. The van der Waals surface area contributed by atoms with Gasteiger partial charge < -0.3 is 9.73 Å². The van der Waals surface area contributed by atoms with Gasteiger partial charge in [-0.15, -0.1) is 11.3 Å². The van der Waals surface area contributed by atoms with Crippen molar-refractivity contribution in [3.8, 4) is 0 Å². The fourth-order valence-electron chi connectivity index (χ4n) is 2.42. The van der Waals surface area contributed by atoms with Crippen LogP contribution in [0.1, 0.15) is 42.5 Å². The Balaban J connectivity index is 1.58. The summed E-state index contributed by atoms with van der Waals surface area (Å²) in [7, 11) is 0. The largest absolute Gasteiger partial charge is 0.440 e. The summed E-state index contributed by atoms with van der Waals surface area (Å²) in [5, 5.41) is 3.49. The van der Waals surface area contributed by atoms with Crippen molar-refractivity contribution in [2.75, 3.05) is 5.32 Å². The maximum atomic E-state index is 5.99. The molecule has 0 amide bonds. The Morgan fingerprint density at radius 2 is 2.19 bits per heavy atom. The average Bonchev–Trinajstić information content (AvgIpc) is 3.09. The van der Waals surface area contributed by atoms with E-state index >= 15 is 0 Å². The summed E-state index contributed by atoms with van der Waals surface area (Å²) >= 11 is 7.60. The zero-order valence-corrected chi connectivity index (χ0v) is 13.2. The first-order valence-electron chi connectivity index (χ1n) is 7.11. The van der Waals surface area contributed by atoms with Crippen molar-refractivity contribution in [3.05, 3.63) is 45.4 Å². The number of anilines is 1. The second kappa shape index (κ2) is 5.04. The van der Waals surface area contributed by atoms with Gasteiger partial charge in [0.05, 0.1) is 10.4 Å². The van der Waals surface area contributed by atoms with E-state index in [1.807, 2.05) is 18.2 Å². The molecule has 4 rings (SSSR count). The van der Waals surface area contributed by atoms with Crippen molar-refractivity contribution in [2.24, 2.45) is 0 Å². The SMILES string of the molecule is CC(Nc1ccc2oc(C3CC3)nc2c1)c1ccc(Cl)s1. The van der Waals surface area contributed by atoms with Crippen LogP contribution in [0.25, 0.3) is 11.1 Å². The Bertz CT molecular complexity index is 791. The third-order valence-electron chi connectivity index (χ3n) is 3.73. The molecular formula is C16H15ClN2OS. The molecule has 1 aliphatic carbocycles. The number of benzene rings is 1. The van der Waals surface area contributed by atoms with Gasteiger partial charge in [0.1, 0.15) is 5.52 Å². The third kappa shape index (κ3) is 2.65. The standard InChI is InChI=1S/C16H15ClN2OS/c1-9(14-6-7-15(17)21-14)18-11-4-5-13-12(8-11)19-16(20-13)10-2-3-10/h4-10,18H,2-3H2,1H3. The smallest absolute Gasteiger partial charge is 0.198 e. The molecule has 1 N–H and O–H groups in total. The fraction of sp³-hybridized carbons (Fsp3) is 0.312. The number of oxazole rings is 1. The summed E-state index contributed by atoms with van der Waals surface area (Å²) < 4.78 is 6.60. The lowest BCUT2D eigenvalue weighted by Gasteiger charge is -2.13. The minimum Gasteiger partial charge on any atom is -0.440 e. The van der Waals surface area contributed by atoms with Crippen LogP contribution in [0.4, 0.5) is 5.69 Å². The van der Waals surface area contributed by atoms with Crippen LogP contribution in [0.3, 0.4) is 0 Å². The van der Waals surface area contributed by atoms with Crippen LogP contribution in [0.15, 0.2) is 34.7 Å². The van der Waals surface area contributed by atoms with E-state index in [0.717, 1.165) is 27.0 Å². The van der Waals surface area contributed by atoms with Crippen molar-refractivity contribution in [1.82, 2.24) is 4.98 Å². The van der Waals surface area contributed by atoms with Crippen molar-refractivity contribution in [1.29, 1.82) is 0 Å². The minimum absolute atomic E-state index is 0.217. The highest BCUT2D eigenvalue weighted by Gasteiger charge is 2.28. The Labute approximate surface area is 131 Å². The van der Waals surface area contributed by atoms with E-state index in [1.54, 1.807) is 11.3 Å². The topological polar surface area (TPSA) is 38.1 Å². The van der Waals surface area contributed by atoms with Gasteiger partial charge in [0.15, 0.2) is 11.5 Å². The van der Waals surface area contributed by atoms with Gasteiger partial charge in [-0.1, -0.05) is 11.6 Å². The molecule has 1 atom stereocenters. The van der Waals surface area contributed by atoms with Gasteiger partial charge in [-0.25, -0.2) is 4.98 Å². The normalized spacial score (nSPS) is 16.3. The van der Waals surface area contributed by atoms with Crippen LogP contribution in [0.2, 0.25) is 4.34 Å². The summed E-state index contributed by atoms with van der Waals surface area (Å²) in [6.07, 6.45) is 2.40. The molecule has 108 valence electrons. The summed E-state index contributed by atoms with van der Waals surface area (Å²) in [4.78, 5) is 5.82. The molecule has 3 aromatic rings. The monoisotopic (exact) mass is 318 g/mol. The van der Waals surface area contributed by atoms with Crippen LogP contribution in [-0.2, 0) is 0 Å². The zero-order valence-electron chi connectivity index (χ0n) is 11.6. The molecule has 3 nitrogen and oxygen atoms in total. The number of thiophene rings is 1. The highest BCUT2D eigenvalue weighted by atomic mass is 35.5. The molecule has 0 spiro atoms. The summed E-state index contributed by atoms with van der Waals surface area (Å²) in [5.74, 6) is 1.43. The molecule has 0 radical (unpaired) electrons. The number of rotatable bonds is 4. The van der Waals surface area contributed by atoms with Gasteiger partial charge in [0, 0.05) is 16.5 Å². The molecule has 1 aromatic carbocycles. The van der Waals surface area contributed by atoms with E-state index in [1.165, 1.54) is 17.7 Å². The molecule has 5 heteroatoms. The molecule has 1 fully saturated rings. The zero-order chi connectivity index (χ0) is 14.4. The Morgan fingerprint density at radius 3 is 2.90 bits per heavy atom. The lowest BCUT2D eigenvalue weighted by atomic mass is 10.2. The number of halogens is 1. The Morgan fingerprint density at radius 1 is 1.33 bits per heavy atom. The van der Waals surface area contributed by atoms with Gasteiger partial charge in [-0.2, -0.15) is 0 Å². The quantitative estimate of drug-likeness (QED) is 0.681. The van der Waals surface area contributed by atoms with Crippen molar-refractivity contribution >= 4 is 39.7 Å². The van der Waals surface area contributed by atoms with E-state index in [2.05, 4.69) is 29.4 Å². The van der Waals surface area contributed by atoms with E-state index in [4.69, 9.17) is 16.0 Å². The summed E-state index contributed by atoms with van der Waals surface area (Å²) in [6, 6.07) is 10.3. The fourth-order valence-corrected chi connectivity index (χ4v) is 3.49. The lowest BCUT2D eigenvalue weighted by molar-refractivity contribution is 0.533. The van der Waals surface area contributed by atoms with Crippen LogP contribution >= 0.6 is 22.9 Å². The van der Waals surface area contributed by atoms with E-state index < -0.39 is 0 Å². The molecule has 2 aromatic heterocycles. The van der Waals surface area contributed by atoms with Gasteiger partial charge in [-0.05, 0) is 50.1 Å². The molecule has 1 aliphatic rings. The van der Waals surface area contributed by atoms with Crippen LogP contribution < -0.4 is 5.32 Å². The predicted octanol–water partition coefficient (Wildman–Crippen LogP) is 5.59. The second-order valence-electron chi connectivity index (χ2n) is 5.52. The first-order chi connectivity index (χ1) is 10.2. The highest BCUT2D eigenvalue weighted by Crippen LogP contribution is 2.40. The Kier molecular flexibility index (Phi) is 3.16. The maximum Gasteiger partial charge on any atom is 0.198 e. The molecule has 2 heterocycles. The van der Waals surface area contributed by atoms with E-state index in [-0.39, 0.29) is 6.04 Å². The summed E-state index contributed by atoms with van der Waals surface area (Å²) in [5.41, 5.74) is 2.85. The van der Waals surface area contributed by atoms with Gasteiger partial charge in [-0.3, -0.25) is 0 Å². The lowest BCUT2D eigenvalue weighted by Crippen LogP contribution is -2.04. The molecule has 21 heavy (non-hydrogen) atoms. The van der Waals surface area contributed by atoms with Gasteiger partial charge in [0.25, 0.3) is 0 Å². The molecule has 0 saturated heterocycles. The highest BCUT2D eigenvalue weighted by molar-refractivity contribution is 7.16. The summed E-state index contributed by atoms with van der Waals surface area (Å²) in [6.45, 7) is 2.13. The van der Waals surface area contributed by atoms with Crippen LogP contribution in [-0.4, -0.2) is 4.98 Å². The average molecular weight is 319 g/mol. The third-order valence-corrected chi connectivity index (χ3v) is 5.15. The first-order valence-corrected chi connectivity index (χ1v) is 8.31. The molecule has 1 saturated carbocycles. The van der Waals surface area contributed by atoms with E-state index in [0.29, 0.717) is 5.92 Å². The van der Waals surface area contributed by atoms with Crippen molar-refractivity contribution in [2.45, 2.75) is 31.7 Å². The number of hydrogen-bond acceptors (Lipinski definition) is 4.